The predicted molar refractivity (Wildman–Crippen MR) is 82.4 cm³/mol. The first-order valence-corrected chi connectivity index (χ1v) is 7.66. The summed E-state index contributed by atoms with van der Waals surface area (Å²) in [5.74, 6) is -0.292. The Morgan fingerprint density at radius 1 is 1.35 bits per heavy atom. The quantitative estimate of drug-likeness (QED) is 0.329. The van der Waals surface area contributed by atoms with E-state index in [0.717, 1.165) is 24.6 Å². The molecule has 0 spiro atoms. The topological polar surface area (TPSA) is 63.5 Å². The summed E-state index contributed by atoms with van der Waals surface area (Å²) in [4.78, 5) is 24.5. The number of nitro groups is 1. The van der Waals surface area contributed by atoms with Crippen molar-refractivity contribution in [2.24, 2.45) is 0 Å². The third-order valence-electron chi connectivity index (χ3n) is 3.12. The Morgan fingerprint density at radius 2 is 2.05 bits per heavy atom. The second kappa shape index (κ2) is 7.99. The molecular weight excluding hydrogens is 324 g/mol. The molecule has 0 bridgehead atoms. The van der Waals surface area contributed by atoms with Gasteiger partial charge in [0.15, 0.2) is 0 Å². The fourth-order valence-electron chi connectivity index (χ4n) is 2.00. The molecule has 0 aliphatic heterocycles. The van der Waals surface area contributed by atoms with Crippen LogP contribution in [0.1, 0.15) is 35.2 Å². The molecule has 1 rings (SSSR count). The van der Waals surface area contributed by atoms with Crippen molar-refractivity contribution >= 4 is 27.5 Å². The highest BCUT2D eigenvalue weighted by atomic mass is 79.9. The molecule has 0 N–H and O–H groups in total. The second-order valence-corrected chi connectivity index (χ2v) is 5.50. The second-order valence-electron chi connectivity index (χ2n) is 4.70. The number of alkyl halides is 1. The molecule has 0 saturated heterocycles. The van der Waals surface area contributed by atoms with Gasteiger partial charge in [-0.05, 0) is 25.8 Å². The van der Waals surface area contributed by atoms with Gasteiger partial charge in [-0.1, -0.05) is 34.5 Å². The van der Waals surface area contributed by atoms with Crippen molar-refractivity contribution in [1.82, 2.24) is 4.90 Å². The van der Waals surface area contributed by atoms with Gasteiger partial charge in [0.1, 0.15) is 5.56 Å². The van der Waals surface area contributed by atoms with Crippen LogP contribution in [0, 0.1) is 17.0 Å². The van der Waals surface area contributed by atoms with Gasteiger partial charge in [0.05, 0.1) is 4.92 Å². The molecule has 5 nitrogen and oxygen atoms in total. The van der Waals surface area contributed by atoms with Crippen LogP contribution in [0.15, 0.2) is 18.2 Å². The maximum Gasteiger partial charge on any atom is 0.285 e. The van der Waals surface area contributed by atoms with Crippen molar-refractivity contribution in [1.29, 1.82) is 0 Å². The number of carbonyl (C=O) groups is 1. The van der Waals surface area contributed by atoms with Crippen LogP contribution in [-0.2, 0) is 0 Å². The van der Waals surface area contributed by atoms with Gasteiger partial charge in [-0.3, -0.25) is 14.9 Å². The van der Waals surface area contributed by atoms with Gasteiger partial charge < -0.3 is 4.90 Å². The summed E-state index contributed by atoms with van der Waals surface area (Å²) in [5, 5.41) is 12.1. The standard InChI is InChI=1S/C14H19BrN2O3/c1-11-7-6-8-12(13(11)17(19)20)14(18)16(2)10-5-3-4-9-15/h6-8H,3-5,9-10H2,1-2H3. The van der Waals surface area contributed by atoms with Gasteiger partial charge in [-0.2, -0.15) is 0 Å². The molecule has 0 heterocycles. The summed E-state index contributed by atoms with van der Waals surface area (Å²) in [6.07, 6.45) is 2.98. The van der Waals surface area contributed by atoms with E-state index in [2.05, 4.69) is 15.9 Å². The van der Waals surface area contributed by atoms with E-state index in [1.807, 2.05) is 0 Å². The maximum atomic E-state index is 12.3. The average Bonchev–Trinajstić information content (AvgIpc) is 2.41. The van der Waals surface area contributed by atoms with Gasteiger partial charge in [0.25, 0.3) is 11.6 Å². The summed E-state index contributed by atoms with van der Waals surface area (Å²) in [5.41, 5.74) is 0.580. The first-order chi connectivity index (χ1) is 9.49. The Bertz CT molecular complexity index is 491. The first-order valence-electron chi connectivity index (χ1n) is 6.54. The monoisotopic (exact) mass is 342 g/mol. The van der Waals surface area contributed by atoms with E-state index < -0.39 is 4.92 Å². The van der Waals surface area contributed by atoms with E-state index >= 15 is 0 Å². The molecule has 0 unspecified atom stereocenters. The minimum Gasteiger partial charge on any atom is -0.341 e. The molecule has 1 aromatic carbocycles. The van der Waals surface area contributed by atoms with E-state index in [1.165, 1.54) is 6.07 Å². The zero-order valence-electron chi connectivity index (χ0n) is 11.8. The summed E-state index contributed by atoms with van der Waals surface area (Å²) < 4.78 is 0. The number of carbonyl (C=O) groups excluding carboxylic acids is 1. The van der Waals surface area contributed by atoms with Gasteiger partial charge >= 0.3 is 0 Å². The first kappa shape index (κ1) is 16.6. The minimum atomic E-state index is -0.485. The molecule has 0 fully saturated rings. The Labute approximate surface area is 127 Å². The molecule has 110 valence electrons. The number of nitrogens with zero attached hydrogens (tertiary/aromatic N) is 2. The molecule has 1 amide bonds. The smallest absolute Gasteiger partial charge is 0.285 e. The molecule has 6 heteroatoms. The summed E-state index contributed by atoms with van der Waals surface area (Å²) in [7, 11) is 1.68. The predicted octanol–water partition coefficient (Wildman–Crippen LogP) is 3.54. The number of halogens is 1. The SMILES string of the molecule is Cc1cccc(C(=O)N(C)CCCCCBr)c1[N+](=O)[O-]. The number of hydrogen-bond donors (Lipinski definition) is 0. The van der Waals surface area contributed by atoms with Crippen molar-refractivity contribution < 1.29 is 9.72 Å². The van der Waals surface area contributed by atoms with Crippen molar-refractivity contribution in [2.45, 2.75) is 26.2 Å². The summed E-state index contributed by atoms with van der Waals surface area (Å²) in [6.45, 7) is 2.25. The normalized spacial score (nSPS) is 10.3. The number of hydrogen-bond acceptors (Lipinski definition) is 3. The largest absolute Gasteiger partial charge is 0.341 e. The molecule has 0 atom stereocenters. The molecule has 0 aliphatic carbocycles. The van der Waals surface area contributed by atoms with Crippen molar-refractivity contribution in [3.8, 4) is 0 Å². The van der Waals surface area contributed by atoms with Crippen LogP contribution < -0.4 is 0 Å². The molecule has 0 saturated carbocycles. The Hall–Kier alpha value is -1.43. The third kappa shape index (κ3) is 4.30. The zero-order valence-corrected chi connectivity index (χ0v) is 13.4. The lowest BCUT2D eigenvalue weighted by molar-refractivity contribution is -0.385. The van der Waals surface area contributed by atoms with E-state index in [9.17, 15) is 14.9 Å². The van der Waals surface area contributed by atoms with Crippen LogP contribution in [0.25, 0.3) is 0 Å². The highest BCUT2D eigenvalue weighted by Crippen LogP contribution is 2.24. The zero-order chi connectivity index (χ0) is 15.1. The highest BCUT2D eigenvalue weighted by Gasteiger charge is 2.24. The molecule has 0 aliphatic rings. The Morgan fingerprint density at radius 3 is 2.65 bits per heavy atom. The summed E-state index contributed by atoms with van der Waals surface area (Å²) in [6, 6.07) is 4.83. The van der Waals surface area contributed by atoms with Crippen LogP contribution in [0.5, 0.6) is 0 Å². The average molecular weight is 343 g/mol. The summed E-state index contributed by atoms with van der Waals surface area (Å²) >= 11 is 3.36. The number of amides is 1. The van der Waals surface area contributed by atoms with E-state index in [4.69, 9.17) is 0 Å². The van der Waals surface area contributed by atoms with Crippen molar-refractivity contribution in [3.05, 3.63) is 39.4 Å². The maximum absolute atomic E-state index is 12.3. The van der Waals surface area contributed by atoms with Crippen molar-refractivity contribution in [3.63, 3.8) is 0 Å². The van der Waals surface area contributed by atoms with Crippen LogP contribution in [-0.4, -0.2) is 34.7 Å². The van der Waals surface area contributed by atoms with Crippen molar-refractivity contribution in [2.75, 3.05) is 18.9 Å². The van der Waals surface area contributed by atoms with Crippen LogP contribution in [0.3, 0.4) is 0 Å². The van der Waals surface area contributed by atoms with Gasteiger partial charge in [0.2, 0.25) is 0 Å². The molecule has 0 aromatic heterocycles. The van der Waals surface area contributed by atoms with Gasteiger partial charge in [-0.15, -0.1) is 0 Å². The fourth-order valence-corrected chi connectivity index (χ4v) is 2.40. The lowest BCUT2D eigenvalue weighted by atomic mass is 10.1. The van der Waals surface area contributed by atoms with Gasteiger partial charge in [-0.25, -0.2) is 0 Å². The highest BCUT2D eigenvalue weighted by molar-refractivity contribution is 9.09. The van der Waals surface area contributed by atoms with Crippen LogP contribution >= 0.6 is 15.9 Å². The third-order valence-corrected chi connectivity index (χ3v) is 3.69. The van der Waals surface area contributed by atoms with E-state index in [1.54, 1.807) is 31.0 Å². The van der Waals surface area contributed by atoms with Crippen LogP contribution in [0.4, 0.5) is 5.69 Å². The number of para-hydroxylation sites is 1. The minimum absolute atomic E-state index is 0.0928. The number of unbranched alkanes of at least 4 members (excludes halogenated alkanes) is 2. The van der Waals surface area contributed by atoms with E-state index in [-0.39, 0.29) is 17.2 Å². The lowest BCUT2D eigenvalue weighted by Gasteiger charge is -2.17. The molecule has 20 heavy (non-hydrogen) atoms. The fraction of sp³-hybridized carbons (Fsp3) is 0.500. The molecular formula is C14H19BrN2O3. The Balaban J connectivity index is 2.81. The molecule has 0 radical (unpaired) electrons. The van der Waals surface area contributed by atoms with E-state index in [0.29, 0.717) is 12.1 Å². The Kier molecular flexibility index (Phi) is 6.64. The molecule has 1 aromatic rings. The van der Waals surface area contributed by atoms with Gasteiger partial charge in [0, 0.05) is 24.5 Å². The number of aryl methyl sites for hydroxylation is 1. The lowest BCUT2D eigenvalue weighted by Crippen LogP contribution is -2.28. The number of rotatable bonds is 7. The number of nitro benzene ring substituents is 1. The van der Waals surface area contributed by atoms with Crippen LogP contribution in [0.2, 0.25) is 0 Å². The number of benzene rings is 1.